The summed E-state index contributed by atoms with van der Waals surface area (Å²) < 4.78 is 44.3. The molecule has 9 heteroatoms. The van der Waals surface area contributed by atoms with Crippen molar-refractivity contribution in [3.05, 3.63) is 71.8 Å². The number of sulfonamides is 1. The van der Waals surface area contributed by atoms with E-state index < -0.39 is 39.1 Å². The Kier molecular flexibility index (Phi) is 7.26. The summed E-state index contributed by atoms with van der Waals surface area (Å²) in [5, 5.41) is 0. The van der Waals surface area contributed by atoms with Crippen molar-refractivity contribution in [2.24, 2.45) is 0 Å². The fraction of sp³-hybridized carbons (Fsp3) is 0.417. The van der Waals surface area contributed by atoms with Gasteiger partial charge in [0.1, 0.15) is 5.60 Å². The minimum Gasteiger partial charge on any atom is -0.464 e. The van der Waals surface area contributed by atoms with Crippen molar-refractivity contribution < 1.29 is 32.2 Å². The Morgan fingerprint density at radius 1 is 0.939 bits per heavy atom. The van der Waals surface area contributed by atoms with Crippen LogP contribution in [-0.4, -0.2) is 56.8 Å². The van der Waals surface area contributed by atoms with Crippen LogP contribution in [0.1, 0.15) is 37.4 Å². The number of hydrogen-bond donors (Lipinski definition) is 0. The highest BCUT2D eigenvalue weighted by molar-refractivity contribution is 7.88. The number of nitrogens with zero attached hydrogens (tertiary/aromatic N) is 1. The smallest absolute Gasteiger partial charge is 0.342 e. The molecular formula is C24H29NO7S. The molecule has 3 rings (SSSR count). The molecule has 0 amide bonds. The summed E-state index contributed by atoms with van der Waals surface area (Å²) in [5.41, 5.74) is -3.09. The molecule has 0 N–H and O–H groups in total. The topological polar surface area (TPSA) is 99.2 Å². The van der Waals surface area contributed by atoms with E-state index in [1.165, 1.54) is 7.11 Å². The zero-order chi connectivity index (χ0) is 24.3. The van der Waals surface area contributed by atoms with Crippen LogP contribution in [-0.2, 0) is 39.4 Å². The van der Waals surface area contributed by atoms with Crippen molar-refractivity contribution in [2.75, 3.05) is 26.6 Å². The highest BCUT2D eigenvalue weighted by atomic mass is 32.2. The van der Waals surface area contributed by atoms with E-state index in [9.17, 15) is 18.0 Å². The summed E-state index contributed by atoms with van der Waals surface area (Å²) >= 11 is 0. The van der Waals surface area contributed by atoms with Crippen LogP contribution in [0.25, 0.3) is 0 Å². The van der Waals surface area contributed by atoms with Gasteiger partial charge in [-0.05, 0) is 25.0 Å². The molecule has 0 bridgehead atoms. The van der Waals surface area contributed by atoms with E-state index in [0.29, 0.717) is 11.1 Å². The molecule has 0 aliphatic carbocycles. The van der Waals surface area contributed by atoms with Gasteiger partial charge in [-0.25, -0.2) is 18.0 Å². The number of carbonyl (C=O) groups excluding carboxylic acids is 2. The largest absolute Gasteiger partial charge is 0.464 e. The van der Waals surface area contributed by atoms with Gasteiger partial charge in [0.15, 0.2) is 0 Å². The van der Waals surface area contributed by atoms with Crippen molar-refractivity contribution in [2.45, 2.75) is 37.5 Å². The number of rotatable bonds is 8. The molecule has 0 aromatic heterocycles. The molecular weight excluding hydrogens is 446 g/mol. The van der Waals surface area contributed by atoms with Gasteiger partial charge in [-0.3, -0.25) is 0 Å². The minimum atomic E-state index is -4.17. The zero-order valence-corrected chi connectivity index (χ0v) is 20.0. The van der Waals surface area contributed by atoms with Crippen molar-refractivity contribution in [3.63, 3.8) is 0 Å². The van der Waals surface area contributed by atoms with Crippen LogP contribution in [0.4, 0.5) is 0 Å². The van der Waals surface area contributed by atoms with Gasteiger partial charge in [0, 0.05) is 13.5 Å². The molecule has 2 atom stereocenters. The highest BCUT2D eigenvalue weighted by Crippen LogP contribution is 2.58. The van der Waals surface area contributed by atoms with Crippen LogP contribution < -0.4 is 0 Å². The maximum atomic E-state index is 13.8. The number of hydrogen-bond acceptors (Lipinski definition) is 7. The first kappa shape index (κ1) is 24.9. The molecule has 8 nitrogen and oxygen atoms in total. The molecule has 2 aromatic carbocycles. The molecule has 178 valence electrons. The van der Waals surface area contributed by atoms with Gasteiger partial charge in [-0.2, -0.15) is 4.31 Å². The van der Waals surface area contributed by atoms with Gasteiger partial charge in [-0.1, -0.05) is 60.7 Å². The standard InChI is InChI=1S/C24H29NO7S/c1-5-31-21(26)24(22(27)32-6-2)23(30-3,19-15-11-8-12-16-19)17-20(25(24)33(4,28)29)18-13-9-7-10-14-18/h7-16,20H,5-6,17H2,1-4H3/t20-,23+/m1/s1. The molecule has 0 radical (unpaired) electrons. The molecule has 1 fully saturated rings. The SMILES string of the molecule is CCOC(=O)C1(C(=O)OCC)N(S(C)(=O)=O)[C@@H](c2ccccc2)C[C@]1(OC)c1ccccc1. The second-order valence-electron chi connectivity index (χ2n) is 7.74. The minimum absolute atomic E-state index is 0.0117. The van der Waals surface area contributed by atoms with Crippen molar-refractivity contribution in [1.29, 1.82) is 0 Å². The predicted molar refractivity (Wildman–Crippen MR) is 122 cm³/mol. The monoisotopic (exact) mass is 475 g/mol. The quantitative estimate of drug-likeness (QED) is 0.428. The van der Waals surface area contributed by atoms with Gasteiger partial charge in [0.2, 0.25) is 10.0 Å². The molecule has 0 unspecified atom stereocenters. The number of methoxy groups -OCH3 is 1. The molecule has 1 aliphatic heterocycles. The summed E-state index contributed by atoms with van der Waals surface area (Å²) in [7, 11) is -2.82. The number of carbonyl (C=O) groups is 2. The zero-order valence-electron chi connectivity index (χ0n) is 19.2. The van der Waals surface area contributed by atoms with Crippen LogP contribution in [0.15, 0.2) is 60.7 Å². The third kappa shape index (κ3) is 3.94. The molecule has 33 heavy (non-hydrogen) atoms. The molecule has 0 spiro atoms. The Labute approximate surface area is 194 Å². The molecule has 1 heterocycles. The lowest BCUT2D eigenvalue weighted by atomic mass is 9.74. The molecule has 1 aliphatic rings. The van der Waals surface area contributed by atoms with Crippen LogP contribution in [0, 0.1) is 0 Å². The summed E-state index contributed by atoms with van der Waals surface area (Å²) in [6, 6.07) is 16.6. The van der Waals surface area contributed by atoms with Crippen LogP contribution >= 0.6 is 0 Å². The predicted octanol–water partition coefficient (Wildman–Crippen LogP) is 2.80. The fourth-order valence-corrected chi connectivity index (χ4v) is 6.22. The molecule has 0 saturated carbocycles. The van der Waals surface area contributed by atoms with E-state index in [4.69, 9.17) is 14.2 Å². The van der Waals surface area contributed by atoms with E-state index in [1.54, 1.807) is 74.5 Å². The highest BCUT2D eigenvalue weighted by Gasteiger charge is 2.77. The average molecular weight is 476 g/mol. The summed E-state index contributed by atoms with van der Waals surface area (Å²) in [6.45, 7) is 3.04. The molecule has 2 aromatic rings. The average Bonchev–Trinajstić information content (AvgIpc) is 3.14. The first-order valence-corrected chi connectivity index (χ1v) is 12.5. The van der Waals surface area contributed by atoms with Gasteiger partial charge >= 0.3 is 11.9 Å². The summed E-state index contributed by atoms with van der Waals surface area (Å²) in [6.07, 6.45) is 0.953. The van der Waals surface area contributed by atoms with Crippen LogP contribution in [0.5, 0.6) is 0 Å². The maximum Gasteiger partial charge on any atom is 0.342 e. The maximum absolute atomic E-state index is 13.8. The lowest BCUT2D eigenvalue weighted by Crippen LogP contribution is -2.69. The van der Waals surface area contributed by atoms with E-state index in [1.807, 2.05) is 0 Å². The third-order valence-corrected chi connectivity index (χ3v) is 7.19. The second kappa shape index (κ2) is 9.62. The Hall–Kier alpha value is -2.75. The first-order valence-electron chi connectivity index (χ1n) is 10.7. The number of esters is 2. The molecule has 1 saturated heterocycles. The first-order chi connectivity index (χ1) is 15.7. The Balaban J connectivity index is 2.48. The van der Waals surface area contributed by atoms with Crippen molar-refractivity contribution >= 4 is 22.0 Å². The van der Waals surface area contributed by atoms with Gasteiger partial charge in [-0.15, -0.1) is 0 Å². The third-order valence-electron chi connectivity index (χ3n) is 5.95. The van der Waals surface area contributed by atoms with E-state index in [-0.39, 0.29) is 19.6 Å². The Morgan fingerprint density at radius 3 is 1.85 bits per heavy atom. The van der Waals surface area contributed by atoms with E-state index >= 15 is 0 Å². The lowest BCUT2D eigenvalue weighted by molar-refractivity contribution is -0.189. The fourth-order valence-electron chi connectivity index (χ4n) is 4.77. The van der Waals surface area contributed by atoms with Gasteiger partial charge in [0.25, 0.3) is 5.54 Å². The van der Waals surface area contributed by atoms with Crippen molar-refractivity contribution in [3.8, 4) is 0 Å². The normalized spacial score (nSPS) is 22.6. The summed E-state index contributed by atoms with van der Waals surface area (Å²) in [5.74, 6) is -2.09. The second-order valence-corrected chi connectivity index (χ2v) is 9.60. The van der Waals surface area contributed by atoms with Crippen LogP contribution in [0.2, 0.25) is 0 Å². The number of benzene rings is 2. The van der Waals surface area contributed by atoms with E-state index in [0.717, 1.165) is 10.6 Å². The Morgan fingerprint density at radius 2 is 1.42 bits per heavy atom. The number of ether oxygens (including phenoxy) is 3. The Bertz CT molecular complexity index is 1070. The summed E-state index contributed by atoms with van der Waals surface area (Å²) in [4.78, 5) is 27.5. The van der Waals surface area contributed by atoms with Gasteiger partial charge in [0.05, 0.1) is 25.5 Å². The van der Waals surface area contributed by atoms with Gasteiger partial charge < -0.3 is 14.2 Å². The van der Waals surface area contributed by atoms with E-state index in [2.05, 4.69) is 0 Å². The van der Waals surface area contributed by atoms with Crippen LogP contribution in [0.3, 0.4) is 0 Å². The lowest BCUT2D eigenvalue weighted by Gasteiger charge is -2.43. The van der Waals surface area contributed by atoms with Crippen molar-refractivity contribution in [1.82, 2.24) is 4.31 Å².